The van der Waals surface area contributed by atoms with Gasteiger partial charge in [-0.1, -0.05) is 12.1 Å². The van der Waals surface area contributed by atoms with Crippen LogP contribution in [0.15, 0.2) is 59.7 Å². The lowest BCUT2D eigenvalue weighted by Gasteiger charge is -2.14. The fourth-order valence-corrected chi connectivity index (χ4v) is 2.21. The van der Waals surface area contributed by atoms with Crippen LogP contribution in [0.3, 0.4) is 0 Å². The molecule has 0 saturated carbocycles. The Bertz CT molecular complexity index is 838. The maximum atomic E-state index is 12.3. The molecular formula is C17H15N3O3. The number of carbonyl (C=O) groups is 2. The summed E-state index contributed by atoms with van der Waals surface area (Å²) >= 11 is 0. The van der Waals surface area contributed by atoms with Gasteiger partial charge in [-0.3, -0.25) is 14.6 Å². The minimum absolute atomic E-state index is 0.300. The Kier molecular flexibility index (Phi) is 4.05. The van der Waals surface area contributed by atoms with E-state index in [1.165, 1.54) is 18.6 Å². The number of nitrogens with one attached hydrogen (secondary N) is 2. The second-order valence-electron chi connectivity index (χ2n) is 5.10. The van der Waals surface area contributed by atoms with Gasteiger partial charge in [0.05, 0.1) is 11.8 Å². The largest absolute Gasteiger partial charge is 0.472 e. The monoisotopic (exact) mass is 309 g/mol. The van der Waals surface area contributed by atoms with Crippen molar-refractivity contribution in [1.82, 2.24) is 10.3 Å². The van der Waals surface area contributed by atoms with Crippen LogP contribution in [0.4, 0.5) is 5.69 Å². The molecule has 0 aliphatic carbocycles. The highest BCUT2D eigenvalue weighted by atomic mass is 16.3. The summed E-state index contributed by atoms with van der Waals surface area (Å²) in [5.74, 6) is -0.658. The van der Waals surface area contributed by atoms with E-state index >= 15 is 0 Å². The molecule has 2 amide bonds. The Morgan fingerprint density at radius 1 is 1.22 bits per heavy atom. The van der Waals surface area contributed by atoms with Gasteiger partial charge in [-0.05, 0) is 25.1 Å². The normalized spacial score (nSPS) is 11.9. The molecule has 2 aromatic heterocycles. The fraction of sp³-hybridized carbons (Fsp3) is 0.118. The van der Waals surface area contributed by atoms with Crippen molar-refractivity contribution in [3.05, 3.63) is 60.8 Å². The third-order valence-electron chi connectivity index (χ3n) is 3.46. The molecule has 6 heteroatoms. The molecule has 0 saturated heterocycles. The van der Waals surface area contributed by atoms with Gasteiger partial charge in [0.1, 0.15) is 12.3 Å². The zero-order valence-corrected chi connectivity index (χ0v) is 12.4. The minimum atomic E-state index is -0.686. The number of pyridine rings is 1. The summed E-state index contributed by atoms with van der Waals surface area (Å²) in [4.78, 5) is 28.3. The summed E-state index contributed by atoms with van der Waals surface area (Å²) in [5.41, 5.74) is 1.06. The molecule has 0 radical (unpaired) electrons. The van der Waals surface area contributed by atoms with E-state index in [9.17, 15) is 9.59 Å². The van der Waals surface area contributed by atoms with Gasteiger partial charge in [-0.2, -0.15) is 0 Å². The summed E-state index contributed by atoms with van der Waals surface area (Å²) in [7, 11) is 0. The average Bonchev–Trinajstić information content (AvgIpc) is 3.09. The van der Waals surface area contributed by atoms with Crippen LogP contribution >= 0.6 is 0 Å². The summed E-state index contributed by atoms with van der Waals surface area (Å²) in [5, 5.41) is 7.28. The number of nitrogens with zero attached hydrogens (tertiary/aromatic N) is 1. The molecule has 1 aromatic carbocycles. The Morgan fingerprint density at radius 3 is 2.87 bits per heavy atom. The third kappa shape index (κ3) is 3.21. The molecule has 116 valence electrons. The smallest absolute Gasteiger partial charge is 0.255 e. The summed E-state index contributed by atoms with van der Waals surface area (Å²) in [6.45, 7) is 1.63. The van der Waals surface area contributed by atoms with Crippen LogP contribution in [-0.2, 0) is 4.79 Å². The van der Waals surface area contributed by atoms with Crippen LogP contribution in [0.5, 0.6) is 0 Å². The van der Waals surface area contributed by atoms with E-state index in [1.54, 1.807) is 19.3 Å². The number of fused-ring (bicyclic) bond motifs is 1. The Labute approximate surface area is 132 Å². The van der Waals surface area contributed by atoms with E-state index < -0.39 is 6.04 Å². The predicted molar refractivity (Wildman–Crippen MR) is 86.0 cm³/mol. The lowest BCUT2D eigenvalue weighted by Crippen LogP contribution is -2.41. The Balaban J connectivity index is 1.72. The van der Waals surface area contributed by atoms with E-state index in [-0.39, 0.29) is 11.8 Å². The summed E-state index contributed by atoms with van der Waals surface area (Å²) in [6, 6.07) is 8.26. The lowest BCUT2D eigenvalue weighted by molar-refractivity contribution is -0.117. The highest BCUT2D eigenvalue weighted by Crippen LogP contribution is 2.22. The second kappa shape index (κ2) is 6.31. The summed E-state index contributed by atoms with van der Waals surface area (Å²) in [6.07, 6.45) is 6.14. The van der Waals surface area contributed by atoms with Gasteiger partial charge in [0, 0.05) is 28.9 Å². The molecule has 2 N–H and O–H groups in total. The molecule has 3 aromatic rings. The standard InChI is InChI=1S/C17H15N3O3/c1-11(19-17(22)13-6-8-23-10-13)16(21)20-15-4-2-3-12-9-18-7-5-14(12)15/h2-11H,1H3,(H,19,22)(H,20,21)/t11-/m1/s1. The van der Waals surface area contributed by atoms with Crippen molar-refractivity contribution in [1.29, 1.82) is 0 Å². The maximum absolute atomic E-state index is 12.3. The van der Waals surface area contributed by atoms with Crippen LogP contribution < -0.4 is 10.6 Å². The molecule has 6 nitrogen and oxygen atoms in total. The zero-order valence-electron chi connectivity index (χ0n) is 12.4. The molecule has 23 heavy (non-hydrogen) atoms. The third-order valence-corrected chi connectivity index (χ3v) is 3.46. The van der Waals surface area contributed by atoms with E-state index in [0.717, 1.165) is 10.8 Å². The van der Waals surface area contributed by atoms with Crippen LogP contribution in [-0.4, -0.2) is 22.8 Å². The zero-order chi connectivity index (χ0) is 16.2. The van der Waals surface area contributed by atoms with Crippen LogP contribution in [0.25, 0.3) is 10.8 Å². The molecule has 2 heterocycles. The molecule has 3 rings (SSSR count). The molecule has 0 fully saturated rings. The van der Waals surface area contributed by atoms with Gasteiger partial charge in [-0.15, -0.1) is 0 Å². The fourth-order valence-electron chi connectivity index (χ4n) is 2.21. The number of amides is 2. The van der Waals surface area contributed by atoms with Gasteiger partial charge in [0.2, 0.25) is 5.91 Å². The van der Waals surface area contributed by atoms with Crippen LogP contribution in [0, 0.1) is 0 Å². The average molecular weight is 309 g/mol. The highest BCUT2D eigenvalue weighted by molar-refractivity contribution is 6.05. The summed E-state index contributed by atoms with van der Waals surface area (Å²) < 4.78 is 4.85. The number of hydrogen-bond acceptors (Lipinski definition) is 4. The topological polar surface area (TPSA) is 84.2 Å². The molecular weight excluding hydrogens is 294 g/mol. The first-order valence-corrected chi connectivity index (χ1v) is 7.12. The minimum Gasteiger partial charge on any atom is -0.472 e. The number of carbonyl (C=O) groups excluding carboxylic acids is 2. The van der Waals surface area contributed by atoms with Crippen molar-refractivity contribution in [2.24, 2.45) is 0 Å². The molecule has 0 unspecified atom stereocenters. The van der Waals surface area contributed by atoms with Crippen molar-refractivity contribution in [2.45, 2.75) is 13.0 Å². The van der Waals surface area contributed by atoms with Crippen molar-refractivity contribution >= 4 is 28.3 Å². The SMILES string of the molecule is C[C@@H](NC(=O)c1ccoc1)C(=O)Nc1cccc2cnccc12. The lowest BCUT2D eigenvalue weighted by atomic mass is 10.1. The molecule has 0 aliphatic heterocycles. The van der Waals surface area contributed by atoms with E-state index in [2.05, 4.69) is 15.6 Å². The molecule has 0 bridgehead atoms. The molecule has 1 atom stereocenters. The van der Waals surface area contributed by atoms with Crippen LogP contribution in [0.2, 0.25) is 0 Å². The van der Waals surface area contributed by atoms with Gasteiger partial charge < -0.3 is 15.1 Å². The van der Waals surface area contributed by atoms with Gasteiger partial charge in [0.15, 0.2) is 0 Å². The van der Waals surface area contributed by atoms with Gasteiger partial charge >= 0.3 is 0 Å². The number of aromatic nitrogens is 1. The highest BCUT2D eigenvalue weighted by Gasteiger charge is 2.18. The first-order chi connectivity index (χ1) is 11.1. The number of benzene rings is 1. The van der Waals surface area contributed by atoms with Crippen molar-refractivity contribution in [3.8, 4) is 0 Å². The number of rotatable bonds is 4. The van der Waals surface area contributed by atoms with E-state index in [4.69, 9.17) is 4.42 Å². The van der Waals surface area contributed by atoms with E-state index in [1.807, 2.05) is 24.3 Å². The molecule has 0 aliphatic rings. The quantitative estimate of drug-likeness (QED) is 0.776. The first kappa shape index (κ1) is 14.8. The van der Waals surface area contributed by atoms with Crippen molar-refractivity contribution in [3.63, 3.8) is 0 Å². The number of anilines is 1. The predicted octanol–water partition coefficient (Wildman–Crippen LogP) is 2.58. The van der Waals surface area contributed by atoms with Crippen molar-refractivity contribution in [2.75, 3.05) is 5.32 Å². The van der Waals surface area contributed by atoms with Gasteiger partial charge in [0.25, 0.3) is 5.91 Å². The molecule has 0 spiro atoms. The maximum Gasteiger partial charge on any atom is 0.255 e. The number of furan rings is 1. The van der Waals surface area contributed by atoms with E-state index in [0.29, 0.717) is 11.3 Å². The van der Waals surface area contributed by atoms with Crippen LogP contribution in [0.1, 0.15) is 17.3 Å². The Hall–Kier alpha value is -3.15. The number of hydrogen-bond donors (Lipinski definition) is 2. The second-order valence-corrected chi connectivity index (χ2v) is 5.10. The van der Waals surface area contributed by atoms with Gasteiger partial charge in [-0.25, -0.2) is 0 Å². The Morgan fingerprint density at radius 2 is 2.09 bits per heavy atom. The first-order valence-electron chi connectivity index (χ1n) is 7.12. The van der Waals surface area contributed by atoms with Crippen molar-refractivity contribution < 1.29 is 14.0 Å².